The lowest BCUT2D eigenvalue weighted by atomic mass is 9.48. The topological polar surface area (TPSA) is 84.2 Å². The molecule has 2 aromatic rings. The van der Waals surface area contributed by atoms with Gasteiger partial charge in [-0.2, -0.15) is 39.5 Å². The summed E-state index contributed by atoms with van der Waals surface area (Å²) >= 11 is 0. The van der Waals surface area contributed by atoms with Gasteiger partial charge in [0.2, 0.25) is 11.8 Å². The van der Waals surface area contributed by atoms with Crippen LogP contribution < -0.4 is 16.4 Å². The average molecular weight is 704 g/mol. The number of benzene rings is 2. The number of halogens is 9. The van der Waals surface area contributed by atoms with Gasteiger partial charge in [-0.25, -0.2) is 0 Å². The second-order valence-corrected chi connectivity index (χ2v) is 14.2. The highest BCUT2D eigenvalue weighted by molar-refractivity contribution is 5.94. The van der Waals surface area contributed by atoms with Crippen molar-refractivity contribution >= 4 is 23.2 Å². The van der Waals surface area contributed by atoms with Gasteiger partial charge >= 0.3 is 18.5 Å². The van der Waals surface area contributed by atoms with Crippen LogP contribution in [0.25, 0.3) is 0 Å². The number of nitrogens with one attached hydrogen (secondary N) is 2. The molecule has 0 radical (unpaired) electrons. The number of carbonyl (C=O) groups is 2. The maximum absolute atomic E-state index is 13.4. The predicted molar refractivity (Wildman–Crippen MR) is 165 cm³/mol. The number of nitrogens with two attached hydrogens (primary N) is 1. The van der Waals surface area contributed by atoms with Gasteiger partial charge in [0.15, 0.2) is 0 Å². The van der Waals surface area contributed by atoms with Gasteiger partial charge in [0.25, 0.3) is 0 Å². The van der Waals surface area contributed by atoms with Crippen molar-refractivity contribution in [3.63, 3.8) is 0 Å². The minimum absolute atomic E-state index is 0.0101. The van der Waals surface area contributed by atoms with E-state index in [4.69, 9.17) is 5.73 Å². The SMILES string of the molecule is Cc1ccc(C(F)(F)F)cc1NC(=O)C1CCC2C3CCC4NC(=O)C=C[C@]4(C)C3CC[C@]12C.Nc1cc(C(F)(F)F)ccc1C(F)(F)F. The van der Waals surface area contributed by atoms with Gasteiger partial charge in [-0.15, -0.1) is 0 Å². The molecule has 2 amide bonds. The number of hydrogen-bond donors (Lipinski definition) is 3. The van der Waals surface area contributed by atoms with Crippen LogP contribution in [-0.4, -0.2) is 17.9 Å². The van der Waals surface area contributed by atoms with Crippen LogP contribution in [0.1, 0.15) is 74.6 Å². The third-order valence-corrected chi connectivity index (χ3v) is 11.5. The lowest BCUT2D eigenvalue weighted by Crippen LogP contribution is -2.59. The molecule has 5 nitrogen and oxygen atoms in total. The molecule has 3 fully saturated rings. The van der Waals surface area contributed by atoms with E-state index in [0.29, 0.717) is 35.4 Å². The Morgan fingerprint density at radius 3 is 2.08 bits per heavy atom. The lowest BCUT2D eigenvalue weighted by Gasteiger charge is -2.58. The van der Waals surface area contributed by atoms with Crippen molar-refractivity contribution in [2.75, 3.05) is 11.1 Å². The van der Waals surface area contributed by atoms with E-state index in [9.17, 15) is 49.1 Å². The van der Waals surface area contributed by atoms with Crippen LogP contribution in [0.2, 0.25) is 0 Å². The standard InChI is InChI=1S/C27H33F3N2O2.C8H5F6N/c1-15-4-5-16(27(28,29)30)14-21(15)31-24(34)20-8-7-18-17-6-9-22-26(3,13-11-23(33)32-22)19(17)10-12-25(18,20)2;9-7(10,11)4-1-2-5(6(15)3-4)8(12,13)14/h4-5,11,13-14,17-20,22H,6-10,12H2,1-3H3,(H,31,34)(H,32,33);1-3H,15H2/t17?,18?,19?,20?,22?,25-,26+;/m0./s1. The summed E-state index contributed by atoms with van der Waals surface area (Å²) < 4.78 is 112. The van der Waals surface area contributed by atoms with Crippen molar-refractivity contribution < 1.29 is 49.1 Å². The minimum Gasteiger partial charge on any atom is -0.398 e. The first-order chi connectivity index (χ1) is 22.6. The van der Waals surface area contributed by atoms with E-state index in [1.807, 2.05) is 0 Å². The summed E-state index contributed by atoms with van der Waals surface area (Å²) in [6.07, 6.45) is -4.46. The summed E-state index contributed by atoms with van der Waals surface area (Å²) in [5.74, 6) is 0.994. The molecule has 3 aliphatic carbocycles. The Morgan fingerprint density at radius 2 is 1.47 bits per heavy atom. The van der Waals surface area contributed by atoms with Gasteiger partial charge in [0, 0.05) is 28.7 Å². The van der Waals surface area contributed by atoms with Crippen LogP contribution in [0.3, 0.4) is 0 Å². The predicted octanol–water partition coefficient (Wildman–Crippen LogP) is 9.17. The zero-order valence-electron chi connectivity index (χ0n) is 27.0. The molecule has 2 aromatic carbocycles. The van der Waals surface area contributed by atoms with Crippen LogP contribution in [0.15, 0.2) is 48.6 Å². The summed E-state index contributed by atoms with van der Waals surface area (Å²) in [6.45, 7) is 6.20. The molecule has 0 spiro atoms. The van der Waals surface area contributed by atoms with Gasteiger partial charge in [0.05, 0.1) is 16.7 Å². The van der Waals surface area contributed by atoms with Crippen molar-refractivity contribution in [3.05, 3.63) is 70.8 Å². The number of hydrogen-bond acceptors (Lipinski definition) is 3. The van der Waals surface area contributed by atoms with E-state index in [1.165, 1.54) is 6.07 Å². The summed E-state index contributed by atoms with van der Waals surface area (Å²) in [4.78, 5) is 25.3. The number of aryl methyl sites for hydroxylation is 1. The number of anilines is 2. The Bertz CT molecular complexity index is 1630. The smallest absolute Gasteiger partial charge is 0.398 e. The van der Waals surface area contributed by atoms with Crippen molar-refractivity contribution in [2.45, 2.75) is 83.9 Å². The van der Waals surface area contributed by atoms with Gasteiger partial charge in [-0.3, -0.25) is 9.59 Å². The van der Waals surface area contributed by atoms with Crippen LogP contribution in [-0.2, 0) is 28.1 Å². The first-order valence-corrected chi connectivity index (χ1v) is 16.1. The molecule has 0 aromatic heterocycles. The summed E-state index contributed by atoms with van der Waals surface area (Å²) in [7, 11) is 0. The molecule has 5 unspecified atom stereocenters. The Balaban J connectivity index is 0.000000263. The fraction of sp³-hybridized carbons (Fsp3) is 0.543. The second kappa shape index (κ2) is 12.6. The van der Waals surface area contributed by atoms with Gasteiger partial charge in [-0.1, -0.05) is 26.0 Å². The van der Waals surface area contributed by atoms with Gasteiger partial charge in [0.1, 0.15) is 0 Å². The van der Waals surface area contributed by atoms with E-state index in [0.717, 1.165) is 50.7 Å². The highest BCUT2D eigenvalue weighted by Crippen LogP contribution is 2.65. The van der Waals surface area contributed by atoms with Crippen LogP contribution in [0.4, 0.5) is 50.9 Å². The first kappa shape index (κ1) is 36.6. The number of rotatable bonds is 2. The molecule has 0 bridgehead atoms. The molecule has 4 aliphatic rings. The molecular formula is C35H38F9N3O2. The highest BCUT2D eigenvalue weighted by Gasteiger charge is 2.61. The molecule has 7 atom stereocenters. The Labute approximate surface area is 277 Å². The van der Waals surface area contributed by atoms with Crippen LogP contribution in [0.5, 0.6) is 0 Å². The molecule has 0 saturated heterocycles. The third-order valence-electron chi connectivity index (χ3n) is 11.5. The van der Waals surface area contributed by atoms with E-state index >= 15 is 0 Å². The Hall–Kier alpha value is -3.71. The van der Waals surface area contributed by atoms with E-state index < -0.39 is 40.9 Å². The quantitative estimate of drug-likeness (QED) is 0.216. The number of amides is 2. The monoisotopic (exact) mass is 703 g/mol. The maximum Gasteiger partial charge on any atom is 0.418 e. The molecule has 1 heterocycles. The fourth-order valence-electron chi connectivity index (χ4n) is 8.91. The third kappa shape index (κ3) is 7.01. The van der Waals surface area contributed by atoms with Gasteiger partial charge < -0.3 is 16.4 Å². The molecule has 6 rings (SSSR count). The zero-order valence-corrected chi connectivity index (χ0v) is 27.0. The highest BCUT2D eigenvalue weighted by atomic mass is 19.4. The number of fused-ring (bicyclic) bond motifs is 5. The fourth-order valence-corrected chi connectivity index (χ4v) is 8.91. The van der Waals surface area contributed by atoms with Gasteiger partial charge in [-0.05, 0) is 111 Å². The lowest BCUT2D eigenvalue weighted by molar-refractivity contribution is -0.140. The molecular weight excluding hydrogens is 665 g/mol. The Morgan fingerprint density at radius 1 is 0.837 bits per heavy atom. The van der Waals surface area contributed by atoms with Crippen molar-refractivity contribution in [1.29, 1.82) is 0 Å². The summed E-state index contributed by atoms with van der Waals surface area (Å²) in [5, 5.41) is 6.02. The zero-order chi connectivity index (χ0) is 36.3. The number of nitrogen functional groups attached to an aromatic ring is 1. The van der Waals surface area contributed by atoms with Crippen molar-refractivity contribution in [3.8, 4) is 0 Å². The summed E-state index contributed by atoms with van der Waals surface area (Å²) in [5.41, 5.74) is 1.39. The normalized spacial score (nSPS) is 31.0. The van der Waals surface area contributed by atoms with E-state index in [1.54, 1.807) is 13.0 Å². The molecule has 3 saturated carbocycles. The van der Waals surface area contributed by atoms with E-state index in [2.05, 4.69) is 30.6 Å². The van der Waals surface area contributed by atoms with Crippen LogP contribution in [0, 0.1) is 41.4 Å². The largest absolute Gasteiger partial charge is 0.418 e. The van der Waals surface area contributed by atoms with Crippen LogP contribution >= 0.6 is 0 Å². The summed E-state index contributed by atoms with van der Waals surface area (Å²) in [6, 6.07) is 4.61. The minimum atomic E-state index is -4.74. The second-order valence-electron chi connectivity index (χ2n) is 14.2. The molecule has 49 heavy (non-hydrogen) atoms. The van der Waals surface area contributed by atoms with Crippen molar-refractivity contribution in [1.82, 2.24) is 5.32 Å². The average Bonchev–Trinajstić information content (AvgIpc) is 3.34. The van der Waals surface area contributed by atoms with E-state index in [-0.39, 0.29) is 46.4 Å². The molecule has 4 N–H and O–H groups in total. The number of carbonyl (C=O) groups excluding carboxylic acids is 2. The molecule has 268 valence electrons. The van der Waals surface area contributed by atoms with Crippen molar-refractivity contribution in [2.24, 2.45) is 34.5 Å². The number of alkyl halides is 9. The first-order valence-electron chi connectivity index (χ1n) is 16.1. The maximum atomic E-state index is 13.4. The molecule has 1 aliphatic heterocycles. The molecule has 14 heteroatoms. The Kier molecular flexibility index (Phi) is 9.37.